The van der Waals surface area contributed by atoms with Gasteiger partial charge in [-0.25, -0.2) is 9.78 Å². The summed E-state index contributed by atoms with van der Waals surface area (Å²) in [5, 5.41) is 14.5. The first-order valence-corrected chi connectivity index (χ1v) is 14.6. The molecule has 2 atom stereocenters. The number of alkyl halides is 3. The number of pyridine rings is 1. The molecule has 10 nitrogen and oxygen atoms in total. The van der Waals surface area contributed by atoms with Gasteiger partial charge in [-0.2, -0.15) is 13.2 Å². The maximum atomic E-state index is 13.4. The van der Waals surface area contributed by atoms with E-state index in [1.54, 1.807) is 19.9 Å². The molecule has 1 aromatic heterocycles. The molecule has 3 N–H and O–H groups in total. The zero-order valence-corrected chi connectivity index (χ0v) is 25.9. The molecule has 0 saturated carbocycles. The van der Waals surface area contributed by atoms with Crippen LogP contribution in [0.3, 0.4) is 0 Å². The SMILES string of the molecule is CC(C)(Oc1cc(OC(C)(C)C(=O)NC2CC3CCC(C2)N3c2ccc(C(=O)NCC(F)(F)F)cn2)c(Cl)cc1Cl)C(=O)O. The standard InChI is InChI=1S/C29H33Cl2F3N4O6/c1-27(2,43-21-12-22(20(31)11-19(21)30)44-28(3,4)26(41)42)25(40)37-16-9-17-6-7-18(10-16)38(17)23-8-5-15(13-35-23)24(39)36-14-29(32,33)34/h5,8,11-13,16-18H,6-7,9-10,14H2,1-4H3,(H,36,39)(H,37,40)(H,41,42). The quantitative estimate of drug-likeness (QED) is 0.309. The molecule has 15 heteroatoms. The van der Waals surface area contributed by atoms with Crippen molar-refractivity contribution in [2.75, 3.05) is 11.4 Å². The van der Waals surface area contributed by atoms with Crippen LogP contribution in [0.25, 0.3) is 0 Å². The molecule has 44 heavy (non-hydrogen) atoms. The Kier molecular flexibility index (Phi) is 9.51. The highest BCUT2D eigenvalue weighted by molar-refractivity contribution is 6.36. The summed E-state index contributed by atoms with van der Waals surface area (Å²) in [6, 6.07) is 5.72. The molecule has 2 amide bonds. The number of carboxylic acid groups (broad SMARTS) is 1. The van der Waals surface area contributed by atoms with E-state index >= 15 is 0 Å². The summed E-state index contributed by atoms with van der Waals surface area (Å²) < 4.78 is 48.8. The first-order valence-electron chi connectivity index (χ1n) is 13.9. The minimum absolute atomic E-state index is 0.0276. The number of piperidine rings is 1. The third-order valence-electron chi connectivity index (χ3n) is 7.57. The van der Waals surface area contributed by atoms with Crippen LogP contribution in [0.15, 0.2) is 30.5 Å². The number of benzene rings is 1. The van der Waals surface area contributed by atoms with E-state index in [2.05, 4.69) is 15.2 Å². The van der Waals surface area contributed by atoms with E-state index in [0.717, 1.165) is 12.8 Å². The summed E-state index contributed by atoms with van der Waals surface area (Å²) in [5.41, 5.74) is -2.93. The van der Waals surface area contributed by atoms with E-state index in [1.807, 2.05) is 5.32 Å². The molecule has 2 bridgehead atoms. The number of carbonyl (C=O) groups is 3. The molecule has 3 heterocycles. The van der Waals surface area contributed by atoms with E-state index in [4.69, 9.17) is 32.7 Å². The maximum absolute atomic E-state index is 13.4. The predicted octanol–water partition coefficient (Wildman–Crippen LogP) is 5.40. The van der Waals surface area contributed by atoms with Crippen LogP contribution in [0.2, 0.25) is 10.0 Å². The van der Waals surface area contributed by atoms with Crippen LogP contribution < -0.4 is 25.0 Å². The van der Waals surface area contributed by atoms with Crippen LogP contribution in [0, 0.1) is 0 Å². The largest absolute Gasteiger partial charge is 0.478 e. The summed E-state index contributed by atoms with van der Waals surface area (Å²) in [6.45, 7) is 4.46. The smallest absolute Gasteiger partial charge is 0.405 e. The molecular formula is C29H33Cl2F3N4O6. The lowest BCUT2D eigenvalue weighted by Gasteiger charge is -2.41. The molecule has 0 aliphatic carbocycles. The predicted molar refractivity (Wildman–Crippen MR) is 157 cm³/mol. The van der Waals surface area contributed by atoms with Crippen molar-refractivity contribution in [3.8, 4) is 11.5 Å². The summed E-state index contributed by atoms with van der Waals surface area (Å²) in [7, 11) is 0. The second kappa shape index (κ2) is 12.5. The third kappa shape index (κ3) is 7.79. The Morgan fingerprint density at radius 3 is 2.05 bits per heavy atom. The van der Waals surface area contributed by atoms with E-state index in [1.165, 1.54) is 38.2 Å². The van der Waals surface area contributed by atoms with E-state index in [0.29, 0.717) is 18.7 Å². The Labute approximate surface area is 262 Å². The Hall–Kier alpha value is -3.45. The molecule has 2 aliphatic heterocycles. The second-order valence-corrected chi connectivity index (χ2v) is 12.7. The van der Waals surface area contributed by atoms with Gasteiger partial charge in [-0.3, -0.25) is 9.59 Å². The number of nitrogens with one attached hydrogen (secondary N) is 2. The van der Waals surface area contributed by atoms with Crippen LogP contribution in [0.5, 0.6) is 11.5 Å². The van der Waals surface area contributed by atoms with Gasteiger partial charge in [0.15, 0.2) is 11.2 Å². The number of ether oxygens (including phenoxy) is 2. The summed E-state index contributed by atoms with van der Waals surface area (Å²) in [5.74, 6) is -1.72. The van der Waals surface area contributed by atoms with Crippen LogP contribution in [0.1, 0.15) is 63.7 Å². The number of anilines is 1. The highest BCUT2D eigenvalue weighted by Crippen LogP contribution is 2.40. The average Bonchev–Trinajstić information content (AvgIpc) is 3.19. The Bertz CT molecular complexity index is 1410. The average molecular weight is 662 g/mol. The first kappa shape index (κ1) is 33.4. The van der Waals surface area contributed by atoms with Gasteiger partial charge in [0.2, 0.25) is 0 Å². The highest BCUT2D eigenvalue weighted by atomic mass is 35.5. The number of nitrogens with zero attached hydrogens (tertiary/aromatic N) is 2. The molecule has 2 aromatic rings. The lowest BCUT2D eigenvalue weighted by molar-refractivity contribution is -0.152. The zero-order valence-electron chi connectivity index (χ0n) is 24.4. The second-order valence-electron chi connectivity index (χ2n) is 11.9. The Morgan fingerprint density at radius 1 is 0.977 bits per heavy atom. The Morgan fingerprint density at radius 2 is 1.55 bits per heavy atom. The molecular weight excluding hydrogens is 628 g/mol. The topological polar surface area (TPSA) is 130 Å². The fraction of sp³-hybridized carbons (Fsp3) is 0.517. The molecule has 2 saturated heterocycles. The number of carbonyl (C=O) groups excluding carboxylic acids is 2. The third-order valence-corrected chi connectivity index (χ3v) is 8.16. The van der Waals surface area contributed by atoms with Gasteiger partial charge >= 0.3 is 12.1 Å². The van der Waals surface area contributed by atoms with E-state index in [9.17, 15) is 32.7 Å². The summed E-state index contributed by atoms with van der Waals surface area (Å²) in [6.07, 6.45) is -0.277. The van der Waals surface area contributed by atoms with Gasteiger partial charge in [0.05, 0.1) is 15.6 Å². The number of amides is 2. The fourth-order valence-electron chi connectivity index (χ4n) is 5.29. The number of halogens is 5. The monoisotopic (exact) mass is 660 g/mol. The van der Waals surface area contributed by atoms with Crippen molar-refractivity contribution < 1.29 is 42.1 Å². The van der Waals surface area contributed by atoms with Gasteiger partial charge < -0.3 is 30.1 Å². The van der Waals surface area contributed by atoms with Gasteiger partial charge in [0.1, 0.15) is 23.9 Å². The zero-order chi connectivity index (χ0) is 32.6. The lowest BCUT2D eigenvalue weighted by atomic mass is 9.96. The fourth-order valence-corrected chi connectivity index (χ4v) is 5.75. The van der Waals surface area contributed by atoms with E-state index < -0.39 is 35.8 Å². The van der Waals surface area contributed by atoms with E-state index in [-0.39, 0.29) is 51.1 Å². The number of carboxylic acids is 1. The van der Waals surface area contributed by atoms with Crippen molar-refractivity contribution in [2.45, 2.75) is 88.9 Å². The van der Waals surface area contributed by atoms with Crippen molar-refractivity contribution in [3.05, 3.63) is 46.1 Å². The lowest BCUT2D eigenvalue weighted by Crippen LogP contribution is -2.55. The number of hydrogen-bond donors (Lipinski definition) is 3. The molecule has 240 valence electrons. The van der Waals surface area contributed by atoms with Crippen molar-refractivity contribution in [1.29, 1.82) is 0 Å². The van der Waals surface area contributed by atoms with Crippen LogP contribution in [0.4, 0.5) is 19.0 Å². The van der Waals surface area contributed by atoms with Gasteiger partial charge in [-0.1, -0.05) is 23.2 Å². The molecule has 0 spiro atoms. The van der Waals surface area contributed by atoms with Crippen LogP contribution in [-0.4, -0.2) is 69.9 Å². The summed E-state index contributed by atoms with van der Waals surface area (Å²) in [4.78, 5) is 43.4. The Balaban J connectivity index is 1.38. The van der Waals surface area contributed by atoms with Crippen molar-refractivity contribution in [1.82, 2.24) is 15.6 Å². The number of rotatable bonds is 10. The highest BCUT2D eigenvalue weighted by Gasteiger charge is 2.43. The number of aromatic nitrogens is 1. The van der Waals surface area contributed by atoms with Gasteiger partial charge in [-0.15, -0.1) is 0 Å². The number of hydrogen-bond acceptors (Lipinski definition) is 7. The van der Waals surface area contributed by atoms with Crippen molar-refractivity contribution >= 4 is 46.8 Å². The van der Waals surface area contributed by atoms with Gasteiger partial charge in [0.25, 0.3) is 11.8 Å². The van der Waals surface area contributed by atoms with Crippen LogP contribution >= 0.6 is 23.2 Å². The van der Waals surface area contributed by atoms with Crippen molar-refractivity contribution in [2.24, 2.45) is 0 Å². The molecule has 0 radical (unpaired) electrons. The first-order chi connectivity index (χ1) is 20.4. The number of fused-ring (bicyclic) bond motifs is 2. The van der Waals surface area contributed by atoms with Crippen LogP contribution in [-0.2, 0) is 9.59 Å². The molecule has 2 fully saturated rings. The molecule has 4 rings (SSSR count). The molecule has 2 aliphatic rings. The maximum Gasteiger partial charge on any atom is 0.405 e. The number of aliphatic carboxylic acids is 1. The minimum Gasteiger partial charge on any atom is -0.478 e. The van der Waals surface area contributed by atoms with Gasteiger partial charge in [0, 0.05) is 30.4 Å². The summed E-state index contributed by atoms with van der Waals surface area (Å²) >= 11 is 12.5. The van der Waals surface area contributed by atoms with Crippen molar-refractivity contribution in [3.63, 3.8) is 0 Å². The molecule has 1 aromatic carbocycles. The molecule has 2 unspecified atom stereocenters. The van der Waals surface area contributed by atoms with Gasteiger partial charge in [-0.05, 0) is 71.6 Å². The minimum atomic E-state index is -4.51. The normalized spacial score (nSPS) is 20.2.